The molecule has 1 N–H and O–H groups in total. The number of nitrogens with one attached hydrogen (secondary N) is 1. The van der Waals surface area contributed by atoms with Crippen molar-refractivity contribution in [2.24, 2.45) is 0 Å². The smallest absolute Gasteiger partial charge is 0.227 e. The van der Waals surface area contributed by atoms with E-state index in [2.05, 4.69) is 52.4 Å². The zero-order chi connectivity index (χ0) is 19.5. The van der Waals surface area contributed by atoms with Crippen molar-refractivity contribution in [1.29, 1.82) is 0 Å². The Morgan fingerprint density at radius 1 is 0.893 bits per heavy atom. The number of nitrogens with zero attached hydrogens (tertiary/aromatic N) is 4. The summed E-state index contributed by atoms with van der Waals surface area (Å²) in [5.74, 6) is 1.35. The Kier molecular flexibility index (Phi) is 4.76. The summed E-state index contributed by atoms with van der Waals surface area (Å²) < 4.78 is 7.08. The van der Waals surface area contributed by atoms with Gasteiger partial charge in [-0.3, -0.25) is 0 Å². The number of hydrogen-bond acceptors (Lipinski definition) is 5. The van der Waals surface area contributed by atoms with Gasteiger partial charge in [-0.1, -0.05) is 6.07 Å². The summed E-state index contributed by atoms with van der Waals surface area (Å²) in [5, 5.41) is 7.74. The van der Waals surface area contributed by atoms with E-state index < -0.39 is 0 Å². The molecule has 0 radical (unpaired) electrons. The number of methoxy groups -OCH3 is 1. The van der Waals surface area contributed by atoms with E-state index in [-0.39, 0.29) is 0 Å². The fraction of sp³-hybridized carbons (Fsp3) is 0.136. The minimum atomic E-state index is 0.546. The molecular formula is C22H21N5O. The van der Waals surface area contributed by atoms with E-state index in [4.69, 9.17) is 4.74 Å². The summed E-state index contributed by atoms with van der Waals surface area (Å²) in [4.78, 5) is 9.04. The summed E-state index contributed by atoms with van der Waals surface area (Å²) in [6, 6.07) is 17.8. The number of anilines is 2. The molecule has 2 aromatic heterocycles. The topological polar surface area (TPSA) is 64.9 Å². The zero-order valence-electron chi connectivity index (χ0n) is 16.0. The molecule has 28 heavy (non-hydrogen) atoms. The molecule has 0 fully saturated rings. The van der Waals surface area contributed by atoms with Gasteiger partial charge in [-0.2, -0.15) is 5.10 Å². The Morgan fingerprint density at radius 3 is 2.36 bits per heavy atom. The molecule has 4 rings (SSSR count). The second kappa shape index (κ2) is 7.52. The highest BCUT2D eigenvalue weighted by Gasteiger charge is 2.10. The molecular weight excluding hydrogens is 350 g/mol. The second-order valence-corrected chi connectivity index (χ2v) is 6.59. The summed E-state index contributed by atoms with van der Waals surface area (Å²) in [7, 11) is 1.65. The quantitative estimate of drug-likeness (QED) is 0.551. The predicted octanol–water partition coefficient (Wildman–Crippen LogP) is 4.70. The number of benzene rings is 2. The summed E-state index contributed by atoms with van der Waals surface area (Å²) in [6.07, 6.45) is 3.51. The third-order valence-electron chi connectivity index (χ3n) is 4.36. The van der Waals surface area contributed by atoms with Gasteiger partial charge in [-0.05, 0) is 73.5 Å². The van der Waals surface area contributed by atoms with Gasteiger partial charge in [0.05, 0.1) is 30.4 Å². The first-order valence-electron chi connectivity index (χ1n) is 8.99. The van der Waals surface area contributed by atoms with Gasteiger partial charge in [0, 0.05) is 11.9 Å². The first-order chi connectivity index (χ1) is 13.6. The lowest BCUT2D eigenvalue weighted by Gasteiger charge is -2.10. The van der Waals surface area contributed by atoms with Gasteiger partial charge in [0.15, 0.2) is 0 Å². The summed E-state index contributed by atoms with van der Waals surface area (Å²) in [6.45, 7) is 4.14. The van der Waals surface area contributed by atoms with Crippen molar-refractivity contribution >= 4 is 11.6 Å². The van der Waals surface area contributed by atoms with E-state index in [1.54, 1.807) is 19.5 Å². The molecule has 0 amide bonds. The Balaban J connectivity index is 1.66. The highest BCUT2D eigenvalue weighted by atomic mass is 16.5. The SMILES string of the molecule is COc1ccc(-n2nccc2-c2ccnc(Nc3cc(C)cc(C)c3)n2)cc1. The Hall–Kier alpha value is -3.67. The molecule has 0 atom stereocenters. The van der Waals surface area contributed by atoms with Crippen LogP contribution in [0.25, 0.3) is 17.1 Å². The van der Waals surface area contributed by atoms with E-state index in [0.717, 1.165) is 28.5 Å². The van der Waals surface area contributed by atoms with Crippen LogP contribution in [0.1, 0.15) is 11.1 Å². The highest BCUT2D eigenvalue weighted by Crippen LogP contribution is 2.24. The van der Waals surface area contributed by atoms with Crippen LogP contribution in [-0.2, 0) is 0 Å². The number of hydrogen-bond donors (Lipinski definition) is 1. The van der Waals surface area contributed by atoms with Crippen molar-refractivity contribution in [1.82, 2.24) is 19.7 Å². The van der Waals surface area contributed by atoms with Gasteiger partial charge in [0.2, 0.25) is 5.95 Å². The minimum absolute atomic E-state index is 0.546. The first-order valence-corrected chi connectivity index (χ1v) is 8.99. The van der Waals surface area contributed by atoms with Gasteiger partial charge < -0.3 is 10.1 Å². The maximum Gasteiger partial charge on any atom is 0.227 e. The largest absolute Gasteiger partial charge is 0.497 e. The highest BCUT2D eigenvalue weighted by molar-refractivity contribution is 5.62. The molecule has 0 aliphatic rings. The van der Waals surface area contributed by atoms with Crippen LogP contribution in [-0.4, -0.2) is 26.9 Å². The van der Waals surface area contributed by atoms with E-state index in [0.29, 0.717) is 5.95 Å². The van der Waals surface area contributed by atoms with E-state index >= 15 is 0 Å². The molecule has 140 valence electrons. The fourth-order valence-corrected chi connectivity index (χ4v) is 3.16. The van der Waals surface area contributed by atoms with E-state index in [1.165, 1.54) is 11.1 Å². The standard InChI is InChI=1S/C22H21N5O/c1-15-12-16(2)14-17(13-15)25-22-23-10-8-20(26-22)21-9-11-24-27(21)18-4-6-19(28-3)7-5-18/h4-14H,1-3H3,(H,23,25,26). The van der Waals surface area contributed by atoms with Gasteiger partial charge in [-0.15, -0.1) is 0 Å². The fourth-order valence-electron chi connectivity index (χ4n) is 3.16. The zero-order valence-corrected chi connectivity index (χ0v) is 16.0. The average Bonchev–Trinajstić information content (AvgIpc) is 3.17. The molecule has 0 unspecified atom stereocenters. The van der Waals surface area contributed by atoms with Gasteiger partial charge in [-0.25, -0.2) is 14.6 Å². The molecule has 0 spiro atoms. The number of rotatable bonds is 5. The minimum Gasteiger partial charge on any atom is -0.497 e. The number of ether oxygens (including phenoxy) is 1. The van der Waals surface area contributed by atoms with E-state index in [9.17, 15) is 0 Å². The molecule has 2 aromatic carbocycles. The molecule has 0 aliphatic heterocycles. The first kappa shape index (κ1) is 17.7. The molecule has 4 aromatic rings. The number of aromatic nitrogens is 4. The van der Waals surface area contributed by atoms with Crippen LogP contribution in [0.2, 0.25) is 0 Å². The monoisotopic (exact) mass is 371 g/mol. The molecule has 2 heterocycles. The third kappa shape index (κ3) is 3.71. The average molecular weight is 371 g/mol. The lowest BCUT2D eigenvalue weighted by Crippen LogP contribution is -2.02. The molecule has 0 saturated heterocycles. The van der Waals surface area contributed by atoms with Crippen LogP contribution in [0.5, 0.6) is 5.75 Å². The lowest BCUT2D eigenvalue weighted by molar-refractivity contribution is 0.414. The van der Waals surface area contributed by atoms with Crippen LogP contribution >= 0.6 is 0 Å². The van der Waals surface area contributed by atoms with Crippen molar-refractivity contribution in [2.45, 2.75) is 13.8 Å². The maximum atomic E-state index is 5.23. The van der Waals surface area contributed by atoms with Crippen LogP contribution < -0.4 is 10.1 Å². The van der Waals surface area contributed by atoms with Crippen molar-refractivity contribution in [3.63, 3.8) is 0 Å². The van der Waals surface area contributed by atoms with Crippen molar-refractivity contribution in [3.05, 3.63) is 78.1 Å². The second-order valence-electron chi connectivity index (χ2n) is 6.59. The Bertz CT molecular complexity index is 1080. The predicted molar refractivity (Wildman–Crippen MR) is 110 cm³/mol. The number of aryl methyl sites for hydroxylation is 2. The van der Waals surface area contributed by atoms with Crippen LogP contribution in [0.3, 0.4) is 0 Å². The third-order valence-corrected chi connectivity index (χ3v) is 4.36. The van der Waals surface area contributed by atoms with Crippen molar-refractivity contribution in [2.75, 3.05) is 12.4 Å². The molecule has 0 saturated carbocycles. The van der Waals surface area contributed by atoms with Gasteiger partial charge in [0.1, 0.15) is 5.75 Å². The molecule has 6 heteroatoms. The van der Waals surface area contributed by atoms with Gasteiger partial charge >= 0.3 is 0 Å². The van der Waals surface area contributed by atoms with Crippen LogP contribution in [0, 0.1) is 13.8 Å². The van der Waals surface area contributed by atoms with Crippen LogP contribution in [0.15, 0.2) is 67.0 Å². The Labute approximate surface area is 163 Å². The normalized spacial score (nSPS) is 10.7. The Morgan fingerprint density at radius 2 is 1.64 bits per heavy atom. The van der Waals surface area contributed by atoms with E-state index in [1.807, 2.05) is 41.1 Å². The molecule has 0 bridgehead atoms. The van der Waals surface area contributed by atoms with Crippen LogP contribution in [0.4, 0.5) is 11.6 Å². The van der Waals surface area contributed by atoms with Gasteiger partial charge in [0.25, 0.3) is 0 Å². The molecule has 6 nitrogen and oxygen atoms in total. The maximum absolute atomic E-state index is 5.23. The van der Waals surface area contributed by atoms with Crippen molar-refractivity contribution in [3.8, 4) is 22.8 Å². The summed E-state index contributed by atoms with van der Waals surface area (Å²) in [5.41, 5.74) is 5.96. The lowest BCUT2D eigenvalue weighted by atomic mass is 10.1. The molecule has 0 aliphatic carbocycles. The summed E-state index contributed by atoms with van der Waals surface area (Å²) >= 11 is 0. The van der Waals surface area contributed by atoms with Crippen molar-refractivity contribution < 1.29 is 4.74 Å².